The van der Waals surface area contributed by atoms with Gasteiger partial charge in [0, 0.05) is 11.4 Å². The third-order valence-corrected chi connectivity index (χ3v) is 4.96. The zero-order chi connectivity index (χ0) is 18.2. The lowest BCUT2D eigenvalue weighted by Gasteiger charge is -2.12. The molecule has 0 aliphatic carbocycles. The first-order valence-electron chi connectivity index (χ1n) is 7.50. The molecule has 0 saturated carbocycles. The summed E-state index contributed by atoms with van der Waals surface area (Å²) < 4.78 is 40.3. The summed E-state index contributed by atoms with van der Waals surface area (Å²) in [5.74, 6) is 0. The summed E-state index contributed by atoms with van der Waals surface area (Å²) in [6.45, 7) is 2.21. The van der Waals surface area contributed by atoms with Crippen LogP contribution < -0.4 is 0 Å². The predicted molar refractivity (Wildman–Crippen MR) is 93.1 cm³/mol. The maximum Gasteiger partial charge on any atom is 0.406 e. The molecule has 0 saturated heterocycles. The molecule has 2 aromatic heterocycles. The lowest BCUT2D eigenvalue weighted by Crippen LogP contribution is -2.19. The van der Waals surface area contributed by atoms with Crippen LogP contribution in [-0.4, -0.2) is 15.7 Å². The van der Waals surface area contributed by atoms with Crippen LogP contribution in [0.1, 0.15) is 22.0 Å². The number of benzene rings is 1. The van der Waals surface area contributed by atoms with E-state index in [0.717, 1.165) is 10.2 Å². The van der Waals surface area contributed by atoms with Crippen molar-refractivity contribution < 1.29 is 13.2 Å². The van der Waals surface area contributed by atoms with E-state index >= 15 is 0 Å². The Balaban J connectivity index is 2.03. The maximum atomic E-state index is 12.7. The molecule has 0 bridgehead atoms. The molecule has 128 valence electrons. The van der Waals surface area contributed by atoms with Gasteiger partial charge in [0.1, 0.15) is 17.6 Å². The minimum Gasteiger partial charge on any atom is -0.340 e. The minimum absolute atomic E-state index is 0.341. The summed E-state index contributed by atoms with van der Waals surface area (Å²) in [6, 6.07) is 11.3. The number of aryl methyl sites for hydroxylation is 1. The summed E-state index contributed by atoms with van der Waals surface area (Å²) in [5.41, 5.74) is 2.71. The van der Waals surface area contributed by atoms with Crippen LogP contribution in [0.5, 0.6) is 0 Å². The van der Waals surface area contributed by atoms with E-state index in [1.165, 1.54) is 15.9 Å². The molecular weight excluding hydrogens is 347 g/mol. The van der Waals surface area contributed by atoms with Gasteiger partial charge in [0.15, 0.2) is 0 Å². The quantitative estimate of drug-likeness (QED) is 0.591. The van der Waals surface area contributed by atoms with E-state index in [4.69, 9.17) is 0 Å². The van der Waals surface area contributed by atoms with E-state index < -0.39 is 12.7 Å². The number of hydrogen-bond donors (Lipinski definition) is 0. The predicted octanol–water partition coefficient (Wildman–Crippen LogP) is 5.34. The summed E-state index contributed by atoms with van der Waals surface area (Å²) in [7, 11) is 0. The van der Waals surface area contributed by atoms with E-state index in [9.17, 15) is 18.4 Å². The van der Waals surface area contributed by atoms with Crippen molar-refractivity contribution in [2.24, 2.45) is 0 Å². The second-order valence-corrected chi connectivity index (χ2v) is 6.72. The Morgan fingerprint density at radius 2 is 2.04 bits per heavy atom. The van der Waals surface area contributed by atoms with Crippen LogP contribution in [0.25, 0.3) is 21.9 Å². The summed E-state index contributed by atoms with van der Waals surface area (Å²) in [5, 5.41) is 10.0. The average Bonchev–Trinajstić information content (AvgIpc) is 3.08. The maximum absolute atomic E-state index is 12.7. The third kappa shape index (κ3) is 3.59. The smallest absolute Gasteiger partial charge is 0.340 e. The summed E-state index contributed by atoms with van der Waals surface area (Å²) in [6.07, 6.45) is -2.69. The number of allylic oxidation sites excluding steroid dienone is 1. The normalized spacial score (nSPS) is 12.6. The van der Waals surface area contributed by atoms with Crippen molar-refractivity contribution in [1.82, 2.24) is 9.55 Å². The minimum atomic E-state index is -4.29. The monoisotopic (exact) mass is 361 g/mol. The van der Waals surface area contributed by atoms with Crippen molar-refractivity contribution in [2.45, 2.75) is 26.6 Å². The van der Waals surface area contributed by atoms with Crippen LogP contribution in [-0.2, 0) is 6.54 Å². The highest BCUT2D eigenvalue weighted by atomic mass is 32.1. The van der Waals surface area contributed by atoms with Crippen LogP contribution in [0, 0.1) is 25.2 Å². The number of para-hydroxylation sites is 1. The van der Waals surface area contributed by atoms with Crippen LogP contribution in [0.15, 0.2) is 30.3 Å². The molecule has 0 aliphatic heterocycles. The highest BCUT2D eigenvalue weighted by Gasteiger charge is 2.29. The fourth-order valence-corrected chi connectivity index (χ4v) is 3.61. The first-order chi connectivity index (χ1) is 11.8. The lowest BCUT2D eigenvalue weighted by atomic mass is 10.1. The first-order valence-corrected chi connectivity index (χ1v) is 8.31. The molecule has 0 amide bonds. The average molecular weight is 361 g/mol. The second-order valence-electron chi connectivity index (χ2n) is 5.68. The van der Waals surface area contributed by atoms with Gasteiger partial charge < -0.3 is 4.57 Å². The van der Waals surface area contributed by atoms with Gasteiger partial charge in [-0.15, -0.1) is 11.3 Å². The Kier molecular flexibility index (Phi) is 4.39. The molecule has 0 N–H and O–H groups in total. The van der Waals surface area contributed by atoms with Gasteiger partial charge in [-0.05, 0) is 43.7 Å². The van der Waals surface area contributed by atoms with Gasteiger partial charge in [-0.1, -0.05) is 12.1 Å². The van der Waals surface area contributed by atoms with E-state index in [2.05, 4.69) is 11.1 Å². The van der Waals surface area contributed by atoms with E-state index in [0.29, 0.717) is 27.5 Å². The molecule has 1 aromatic carbocycles. The second kappa shape index (κ2) is 6.37. The Morgan fingerprint density at radius 1 is 1.32 bits per heavy atom. The fourth-order valence-electron chi connectivity index (χ4n) is 2.68. The van der Waals surface area contributed by atoms with Crippen molar-refractivity contribution in [1.29, 1.82) is 5.26 Å². The van der Waals surface area contributed by atoms with Crippen LogP contribution in [0.3, 0.4) is 0 Å². The molecule has 0 aliphatic rings. The lowest BCUT2D eigenvalue weighted by molar-refractivity contribution is -0.141. The number of halogens is 3. The van der Waals surface area contributed by atoms with Gasteiger partial charge in [-0.3, -0.25) is 0 Å². The van der Waals surface area contributed by atoms with E-state index in [1.54, 1.807) is 26.0 Å². The molecule has 3 nitrogen and oxygen atoms in total. The molecule has 0 unspecified atom stereocenters. The van der Waals surface area contributed by atoms with Gasteiger partial charge in [0.05, 0.1) is 15.8 Å². The third-order valence-electron chi connectivity index (χ3n) is 3.89. The van der Waals surface area contributed by atoms with E-state index in [1.807, 2.05) is 24.3 Å². The number of nitrogens with zero attached hydrogens (tertiary/aromatic N) is 3. The Bertz CT molecular complexity index is 970. The molecule has 7 heteroatoms. The molecule has 2 heterocycles. The topological polar surface area (TPSA) is 41.6 Å². The Morgan fingerprint density at radius 3 is 2.68 bits per heavy atom. The zero-order valence-corrected chi connectivity index (χ0v) is 14.4. The molecule has 3 rings (SSSR count). The fraction of sp³-hybridized carbons (Fsp3) is 0.222. The van der Waals surface area contributed by atoms with Crippen molar-refractivity contribution in [3.63, 3.8) is 0 Å². The standard InChI is InChI=1S/C18H14F3N3S/c1-11-7-13(12(2)24(11)10-18(19,20)21)8-14(9-22)17-23-15-5-3-4-6-16(15)25-17/h3-8H,10H2,1-2H3. The number of alkyl halides is 3. The van der Waals surface area contributed by atoms with Crippen LogP contribution in [0.2, 0.25) is 0 Å². The molecule has 0 radical (unpaired) electrons. The number of hydrogen-bond acceptors (Lipinski definition) is 3. The summed E-state index contributed by atoms with van der Waals surface area (Å²) >= 11 is 1.39. The molecule has 0 atom stereocenters. The largest absolute Gasteiger partial charge is 0.406 e. The number of nitriles is 1. The number of fused-ring (bicyclic) bond motifs is 1. The van der Waals surface area contributed by atoms with Gasteiger partial charge in [0.25, 0.3) is 0 Å². The molecular formula is C18H14F3N3S. The number of rotatable bonds is 3. The SMILES string of the molecule is Cc1cc(C=C(C#N)c2nc3ccccc3s2)c(C)n1CC(F)(F)F. The highest BCUT2D eigenvalue weighted by molar-refractivity contribution is 7.19. The van der Waals surface area contributed by atoms with Crippen LogP contribution in [0.4, 0.5) is 13.2 Å². The Hall–Kier alpha value is -2.59. The molecule has 3 aromatic rings. The number of thiazole rings is 1. The summed E-state index contributed by atoms with van der Waals surface area (Å²) in [4.78, 5) is 4.44. The van der Waals surface area contributed by atoms with Crippen molar-refractivity contribution in [2.75, 3.05) is 0 Å². The first kappa shape index (κ1) is 17.2. The van der Waals surface area contributed by atoms with Gasteiger partial charge in [-0.25, -0.2) is 4.98 Å². The van der Waals surface area contributed by atoms with Crippen LogP contribution >= 0.6 is 11.3 Å². The molecule has 0 fully saturated rings. The number of aromatic nitrogens is 2. The van der Waals surface area contributed by atoms with Gasteiger partial charge >= 0.3 is 6.18 Å². The van der Waals surface area contributed by atoms with Crippen molar-refractivity contribution >= 4 is 33.2 Å². The molecule has 25 heavy (non-hydrogen) atoms. The van der Waals surface area contributed by atoms with Crippen molar-refractivity contribution in [3.05, 3.63) is 52.3 Å². The van der Waals surface area contributed by atoms with E-state index in [-0.39, 0.29) is 0 Å². The van der Waals surface area contributed by atoms with Crippen molar-refractivity contribution in [3.8, 4) is 6.07 Å². The van der Waals surface area contributed by atoms with Gasteiger partial charge in [-0.2, -0.15) is 18.4 Å². The van der Waals surface area contributed by atoms with Gasteiger partial charge in [0.2, 0.25) is 0 Å². The highest BCUT2D eigenvalue weighted by Crippen LogP contribution is 2.30. The zero-order valence-electron chi connectivity index (χ0n) is 13.6. The Labute approximate surface area is 146 Å². The molecule has 0 spiro atoms.